The molecule has 0 fully saturated rings. The van der Waals surface area contributed by atoms with Gasteiger partial charge in [-0.15, -0.1) is 11.3 Å². The van der Waals surface area contributed by atoms with Crippen molar-refractivity contribution in [1.82, 2.24) is 9.88 Å². The second-order valence-corrected chi connectivity index (χ2v) is 6.17. The fourth-order valence-corrected chi connectivity index (χ4v) is 2.94. The molecule has 2 rings (SSSR count). The molecule has 1 aromatic carbocycles. The average molecular weight is 325 g/mol. The number of benzene rings is 1. The molecule has 0 radical (unpaired) electrons. The Morgan fingerprint density at radius 1 is 1.52 bits per heavy atom. The Kier molecular flexibility index (Phi) is 5.17. The number of nitrogen functional groups attached to an aromatic ring is 1. The van der Waals surface area contributed by atoms with Crippen LogP contribution in [0.1, 0.15) is 10.6 Å². The Morgan fingerprint density at radius 3 is 2.90 bits per heavy atom. The number of likely N-dealkylation sites (N-methyl/N-ethyl adjacent to an activating group) is 1. The van der Waals surface area contributed by atoms with Crippen LogP contribution in [-0.4, -0.2) is 29.4 Å². The molecule has 2 aromatic rings. The number of hydrogen-bond acceptors (Lipinski definition) is 5. The van der Waals surface area contributed by atoms with Crippen molar-refractivity contribution in [3.63, 3.8) is 0 Å². The van der Waals surface area contributed by atoms with E-state index < -0.39 is 0 Å². The minimum absolute atomic E-state index is 0.119. The van der Waals surface area contributed by atoms with E-state index in [9.17, 15) is 4.79 Å². The molecular formula is C14H17ClN4OS. The summed E-state index contributed by atoms with van der Waals surface area (Å²) in [5.74, 6) is -0.119. The van der Waals surface area contributed by atoms with Crippen molar-refractivity contribution in [3.8, 4) is 0 Å². The second-order valence-electron chi connectivity index (χ2n) is 4.82. The zero-order valence-electron chi connectivity index (χ0n) is 11.9. The van der Waals surface area contributed by atoms with Gasteiger partial charge in [-0.2, -0.15) is 0 Å². The summed E-state index contributed by atoms with van der Waals surface area (Å²) in [7, 11) is 1.89. The summed E-state index contributed by atoms with van der Waals surface area (Å²) < 4.78 is 0. The molecule has 1 heterocycles. The lowest BCUT2D eigenvalue weighted by atomic mass is 10.3. The molecule has 1 amide bonds. The third kappa shape index (κ3) is 4.42. The van der Waals surface area contributed by atoms with E-state index in [2.05, 4.69) is 10.3 Å². The van der Waals surface area contributed by atoms with Gasteiger partial charge in [-0.25, -0.2) is 4.98 Å². The Morgan fingerprint density at radius 2 is 2.29 bits per heavy atom. The van der Waals surface area contributed by atoms with Gasteiger partial charge in [0.25, 0.3) is 0 Å². The number of carbonyl (C=O) groups is 1. The number of nitrogens with zero attached hydrogens (tertiary/aromatic N) is 2. The van der Waals surface area contributed by atoms with E-state index in [1.807, 2.05) is 24.4 Å². The molecule has 0 bridgehead atoms. The van der Waals surface area contributed by atoms with Gasteiger partial charge in [0.1, 0.15) is 0 Å². The van der Waals surface area contributed by atoms with E-state index in [4.69, 9.17) is 17.3 Å². The van der Waals surface area contributed by atoms with E-state index in [0.29, 0.717) is 22.9 Å². The number of nitrogens with two attached hydrogens (primary N) is 1. The fourth-order valence-electron chi connectivity index (χ4n) is 1.85. The first kappa shape index (κ1) is 15.8. The molecule has 0 aliphatic rings. The van der Waals surface area contributed by atoms with Gasteiger partial charge in [-0.05, 0) is 32.2 Å². The first-order valence-electron chi connectivity index (χ1n) is 6.38. The fraction of sp³-hybridized carbons (Fsp3) is 0.286. The summed E-state index contributed by atoms with van der Waals surface area (Å²) in [6, 6.07) is 5.01. The molecule has 0 spiro atoms. The molecule has 5 nitrogen and oxygen atoms in total. The highest BCUT2D eigenvalue weighted by atomic mass is 35.5. The monoisotopic (exact) mass is 324 g/mol. The Labute approximate surface area is 132 Å². The number of hydrogen-bond donors (Lipinski definition) is 2. The summed E-state index contributed by atoms with van der Waals surface area (Å²) in [4.78, 5) is 19.3. The number of halogens is 1. The van der Waals surface area contributed by atoms with E-state index in [-0.39, 0.29) is 12.5 Å². The lowest BCUT2D eigenvalue weighted by Crippen LogP contribution is -2.29. The number of aryl methyl sites for hydroxylation is 1. The number of nitrogens with one attached hydrogen (secondary N) is 1. The lowest BCUT2D eigenvalue weighted by Gasteiger charge is -2.16. The van der Waals surface area contributed by atoms with Crippen LogP contribution in [0.2, 0.25) is 5.02 Å². The van der Waals surface area contributed by atoms with Gasteiger partial charge >= 0.3 is 0 Å². The molecule has 0 aliphatic heterocycles. The number of amides is 1. The Balaban J connectivity index is 1.90. The summed E-state index contributed by atoms with van der Waals surface area (Å²) in [6.07, 6.45) is 0. The molecule has 112 valence electrons. The van der Waals surface area contributed by atoms with Crippen molar-refractivity contribution in [1.29, 1.82) is 0 Å². The summed E-state index contributed by atoms with van der Waals surface area (Å²) in [6.45, 7) is 2.94. The van der Waals surface area contributed by atoms with Crippen molar-refractivity contribution in [2.24, 2.45) is 0 Å². The molecule has 0 unspecified atom stereocenters. The molecule has 0 saturated heterocycles. The van der Waals surface area contributed by atoms with Crippen LogP contribution >= 0.6 is 22.9 Å². The quantitative estimate of drug-likeness (QED) is 0.830. The predicted molar refractivity (Wildman–Crippen MR) is 87.7 cm³/mol. The molecular weight excluding hydrogens is 308 g/mol. The number of anilines is 2. The molecule has 0 saturated carbocycles. The molecule has 3 N–H and O–H groups in total. The van der Waals surface area contributed by atoms with Gasteiger partial charge < -0.3 is 11.1 Å². The van der Waals surface area contributed by atoms with E-state index in [0.717, 1.165) is 10.6 Å². The summed E-state index contributed by atoms with van der Waals surface area (Å²) >= 11 is 7.62. The van der Waals surface area contributed by atoms with Crippen LogP contribution in [0.5, 0.6) is 0 Å². The topological polar surface area (TPSA) is 71.2 Å². The van der Waals surface area contributed by atoms with Gasteiger partial charge in [0, 0.05) is 17.1 Å². The highest BCUT2D eigenvalue weighted by molar-refractivity contribution is 7.09. The smallest absolute Gasteiger partial charge is 0.238 e. The van der Waals surface area contributed by atoms with Crippen LogP contribution in [-0.2, 0) is 11.3 Å². The normalized spacial score (nSPS) is 10.9. The van der Waals surface area contributed by atoms with Crippen LogP contribution in [0.3, 0.4) is 0 Å². The van der Waals surface area contributed by atoms with Crippen molar-refractivity contribution in [2.75, 3.05) is 24.6 Å². The third-order valence-electron chi connectivity index (χ3n) is 2.94. The van der Waals surface area contributed by atoms with Crippen LogP contribution in [0.15, 0.2) is 23.7 Å². The Bertz CT molecular complexity index is 644. The van der Waals surface area contributed by atoms with Gasteiger partial charge in [-0.1, -0.05) is 11.6 Å². The van der Waals surface area contributed by atoms with Crippen LogP contribution in [0.4, 0.5) is 11.4 Å². The maximum absolute atomic E-state index is 12.0. The van der Waals surface area contributed by atoms with Crippen molar-refractivity contribution in [2.45, 2.75) is 13.5 Å². The van der Waals surface area contributed by atoms with Crippen LogP contribution in [0, 0.1) is 6.92 Å². The Hall–Kier alpha value is -1.63. The van der Waals surface area contributed by atoms with Crippen molar-refractivity contribution < 1.29 is 4.79 Å². The SMILES string of the molecule is Cc1ncsc1CN(C)CC(=O)Nc1ccc(N)cc1Cl. The number of rotatable bonds is 5. The largest absolute Gasteiger partial charge is 0.399 e. The maximum Gasteiger partial charge on any atom is 0.238 e. The maximum atomic E-state index is 12.0. The van der Waals surface area contributed by atoms with Gasteiger partial charge in [0.15, 0.2) is 0 Å². The zero-order chi connectivity index (χ0) is 15.4. The zero-order valence-corrected chi connectivity index (χ0v) is 13.5. The predicted octanol–water partition coefficient (Wildman–Crippen LogP) is 2.76. The number of aromatic nitrogens is 1. The van der Waals surface area contributed by atoms with Crippen molar-refractivity contribution >= 4 is 40.2 Å². The lowest BCUT2D eigenvalue weighted by molar-refractivity contribution is -0.117. The van der Waals surface area contributed by atoms with Gasteiger partial charge in [0.05, 0.1) is 28.5 Å². The molecule has 7 heteroatoms. The summed E-state index contributed by atoms with van der Waals surface area (Å²) in [5, 5.41) is 3.22. The molecule has 1 aromatic heterocycles. The van der Waals surface area contributed by atoms with Crippen LogP contribution < -0.4 is 11.1 Å². The summed E-state index contributed by atoms with van der Waals surface area (Å²) in [5.41, 5.74) is 9.57. The standard InChI is InChI=1S/C14H17ClN4OS/c1-9-13(21-8-17-9)6-19(2)7-14(20)18-12-4-3-10(16)5-11(12)15/h3-5,8H,6-7,16H2,1-2H3,(H,18,20). The van der Waals surface area contributed by atoms with E-state index in [1.165, 1.54) is 0 Å². The highest BCUT2D eigenvalue weighted by Gasteiger charge is 2.11. The van der Waals surface area contributed by atoms with Gasteiger partial charge in [0.2, 0.25) is 5.91 Å². The minimum atomic E-state index is -0.119. The second kappa shape index (κ2) is 6.89. The van der Waals surface area contributed by atoms with Crippen LogP contribution in [0.25, 0.3) is 0 Å². The first-order chi connectivity index (χ1) is 9.95. The molecule has 0 aliphatic carbocycles. The average Bonchev–Trinajstić information content (AvgIpc) is 2.78. The van der Waals surface area contributed by atoms with Crippen molar-refractivity contribution in [3.05, 3.63) is 39.3 Å². The molecule has 21 heavy (non-hydrogen) atoms. The number of thiazole rings is 1. The molecule has 0 atom stereocenters. The third-order valence-corrected chi connectivity index (χ3v) is 4.17. The first-order valence-corrected chi connectivity index (χ1v) is 7.64. The number of carbonyl (C=O) groups excluding carboxylic acids is 1. The minimum Gasteiger partial charge on any atom is -0.399 e. The van der Waals surface area contributed by atoms with E-state index >= 15 is 0 Å². The van der Waals surface area contributed by atoms with Gasteiger partial charge in [-0.3, -0.25) is 9.69 Å². The highest BCUT2D eigenvalue weighted by Crippen LogP contribution is 2.24. The van der Waals surface area contributed by atoms with E-state index in [1.54, 1.807) is 29.5 Å².